The molecule has 24 heteroatoms. The predicted octanol–water partition coefficient (Wildman–Crippen LogP) is -2.89. The largest absolute Gasteiger partial charge is 0.479 e. The topological polar surface area (TPSA) is 394 Å². The summed E-state index contributed by atoms with van der Waals surface area (Å²) in [6, 6.07) is 0. The quantitative estimate of drug-likeness (QED) is 0.0689. The van der Waals surface area contributed by atoms with Crippen molar-refractivity contribution in [1.29, 1.82) is 0 Å². The van der Waals surface area contributed by atoms with Crippen LogP contribution >= 0.6 is 0 Å². The zero-order valence-corrected chi connectivity index (χ0v) is 44.9. The Kier molecular flexibility index (Phi) is 16.7. The Bertz CT molecular complexity index is 2130. The average molecular weight is 1110 g/mol. The van der Waals surface area contributed by atoms with Gasteiger partial charge in [-0.15, -0.1) is 0 Å². The molecule has 0 spiro atoms. The van der Waals surface area contributed by atoms with E-state index in [2.05, 4.69) is 33.8 Å². The molecule has 442 valence electrons. The fourth-order valence-corrected chi connectivity index (χ4v) is 16.4. The highest BCUT2D eigenvalue weighted by atomic mass is 16.8. The van der Waals surface area contributed by atoms with Gasteiger partial charge in [0.2, 0.25) is 0 Å². The zero-order chi connectivity index (χ0) is 56.4. The summed E-state index contributed by atoms with van der Waals surface area (Å²) in [5.41, 5.74) is -2.17. The van der Waals surface area contributed by atoms with Gasteiger partial charge >= 0.3 is 5.97 Å². The molecule has 0 bridgehead atoms. The van der Waals surface area contributed by atoms with Crippen molar-refractivity contribution in [3.63, 3.8) is 0 Å². The molecular formula is C53H86O24. The second-order valence-corrected chi connectivity index (χ2v) is 26.0. The number of allylic oxidation sites excluding steroid dienone is 2. The Morgan fingerprint density at radius 3 is 1.77 bits per heavy atom. The number of carboxylic acid groups (broad SMARTS) is 1. The van der Waals surface area contributed by atoms with Gasteiger partial charge in [-0.3, -0.25) is 0 Å². The van der Waals surface area contributed by atoms with Crippen molar-refractivity contribution < 1.29 is 119 Å². The van der Waals surface area contributed by atoms with E-state index < -0.39 is 176 Å². The molecule has 4 aliphatic heterocycles. The monoisotopic (exact) mass is 1110 g/mol. The van der Waals surface area contributed by atoms with Crippen molar-refractivity contribution in [2.75, 3.05) is 26.4 Å². The van der Waals surface area contributed by atoms with Crippen LogP contribution in [0.1, 0.15) is 99.8 Å². The van der Waals surface area contributed by atoms with E-state index in [-0.39, 0.29) is 41.8 Å². The number of rotatable bonds is 12. The Morgan fingerprint density at radius 2 is 1.19 bits per heavy atom. The summed E-state index contributed by atoms with van der Waals surface area (Å²) in [7, 11) is 0. The minimum Gasteiger partial charge on any atom is -0.479 e. The third-order valence-corrected chi connectivity index (χ3v) is 21.5. The fraction of sp³-hybridized carbons (Fsp3) is 0.943. The van der Waals surface area contributed by atoms with Crippen LogP contribution in [0.2, 0.25) is 0 Å². The Hall–Kier alpha value is -1.67. The van der Waals surface area contributed by atoms with Gasteiger partial charge in [0.05, 0.1) is 44.7 Å². The molecule has 5 aliphatic carbocycles. The molecule has 24 nitrogen and oxygen atoms in total. The van der Waals surface area contributed by atoms with Crippen LogP contribution in [0.3, 0.4) is 0 Å². The summed E-state index contributed by atoms with van der Waals surface area (Å²) in [6.45, 7) is 12.8. The molecule has 4 heterocycles. The summed E-state index contributed by atoms with van der Waals surface area (Å²) in [5.74, 6) is -1.79. The smallest absolute Gasteiger partial charge is 0.335 e. The fourth-order valence-electron chi connectivity index (χ4n) is 16.4. The van der Waals surface area contributed by atoms with Crippen LogP contribution in [-0.2, 0) is 42.7 Å². The zero-order valence-electron chi connectivity index (χ0n) is 44.9. The summed E-state index contributed by atoms with van der Waals surface area (Å²) in [6.07, 6.45) is -27.7. The van der Waals surface area contributed by atoms with E-state index in [1.54, 1.807) is 0 Å². The second kappa shape index (κ2) is 21.5. The van der Waals surface area contributed by atoms with Crippen molar-refractivity contribution >= 4 is 5.97 Å². The van der Waals surface area contributed by atoms with Crippen LogP contribution in [0.5, 0.6) is 0 Å². The number of aliphatic carboxylic acids is 1. The molecule has 9 aliphatic rings. The van der Waals surface area contributed by atoms with Gasteiger partial charge in [-0.1, -0.05) is 60.1 Å². The number of ether oxygens (including phenoxy) is 8. The molecule has 0 aromatic rings. The van der Waals surface area contributed by atoms with E-state index in [0.717, 1.165) is 6.42 Å². The van der Waals surface area contributed by atoms with Crippen molar-refractivity contribution in [2.45, 2.75) is 235 Å². The molecule has 15 N–H and O–H groups in total. The first-order valence-electron chi connectivity index (χ1n) is 27.4. The maximum Gasteiger partial charge on any atom is 0.335 e. The van der Waals surface area contributed by atoms with Crippen molar-refractivity contribution in [1.82, 2.24) is 0 Å². The summed E-state index contributed by atoms with van der Waals surface area (Å²) in [5, 5.41) is 162. The molecule has 0 aromatic carbocycles. The molecule has 77 heavy (non-hydrogen) atoms. The lowest BCUT2D eigenvalue weighted by atomic mass is 9.33. The van der Waals surface area contributed by atoms with E-state index in [9.17, 15) is 81.4 Å². The Labute approximate surface area is 447 Å². The lowest BCUT2D eigenvalue weighted by Gasteiger charge is -2.72. The van der Waals surface area contributed by atoms with E-state index in [1.807, 2.05) is 20.8 Å². The summed E-state index contributed by atoms with van der Waals surface area (Å²) in [4.78, 5) is 12.4. The molecule has 4 saturated carbocycles. The first kappa shape index (κ1) is 59.9. The molecule has 0 radical (unpaired) electrons. The molecule has 0 amide bonds. The highest BCUT2D eigenvalue weighted by Gasteiger charge is 2.71. The maximum absolute atomic E-state index is 12.4. The highest BCUT2D eigenvalue weighted by molar-refractivity contribution is 5.73. The number of aliphatic hydroxyl groups excluding tert-OH is 14. The normalized spacial score (nSPS) is 55.7. The SMILES string of the molecule is CC1(C)C[C@H]2C3=CC[C@@H]4[C@@]5(C)CC[C@@H](O[C@H]6O[C@H](C(=O)O)[C@H](O)[C@H](O)[C@H]6O[C@H]6O[C@@H](CO)[C@@H](O)[C@@H](O)[C@H]6O)[C@@](C)(CO)[C@@H]5CC[C@@]4(C)[C@@]3(C)CC[C@]2(C)[C@H](O[C@@H]2OC[C@@H](O)[C@H](O[C@H]3O[C@H](CO)[C@@H](O)[C@@H](O)[C@@H]3O)[C@H]2O)[C@@H]1O. The van der Waals surface area contributed by atoms with Gasteiger partial charge in [-0.05, 0) is 90.8 Å². The molecule has 4 saturated heterocycles. The van der Waals surface area contributed by atoms with Gasteiger partial charge in [0.25, 0.3) is 0 Å². The minimum atomic E-state index is -2.04. The maximum atomic E-state index is 12.4. The van der Waals surface area contributed by atoms with Crippen molar-refractivity contribution in [3.05, 3.63) is 11.6 Å². The third kappa shape index (κ3) is 9.50. The van der Waals surface area contributed by atoms with Gasteiger partial charge in [-0.2, -0.15) is 0 Å². The van der Waals surface area contributed by atoms with Crippen LogP contribution in [0, 0.1) is 50.2 Å². The lowest BCUT2D eigenvalue weighted by Crippen LogP contribution is -2.69. The lowest BCUT2D eigenvalue weighted by molar-refractivity contribution is -0.375. The summed E-state index contributed by atoms with van der Waals surface area (Å²) >= 11 is 0. The minimum absolute atomic E-state index is 0.0901. The molecule has 9 rings (SSSR count). The van der Waals surface area contributed by atoms with Gasteiger partial charge in [0.15, 0.2) is 31.3 Å². The number of hydrogen-bond donors (Lipinski definition) is 15. The van der Waals surface area contributed by atoms with Crippen LogP contribution in [0.4, 0.5) is 0 Å². The van der Waals surface area contributed by atoms with Crippen molar-refractivity contribution in [2.24, 2.45) is 50.2 Å². The number of aliphatic hydroxyl groups is 14. The van der Waals surface area contributed by atoms with Gasteiger partial charge in [0.1, 0.15) is 85.5 Å². The molecule has 0 aromatic heterocycles. The molecule has 8 fully saturated rings. The van der Waals surface area contributed by atoms with E-state index in [1.165, 1.54) is 5.57 Å². The average Bonchev–Trinajstić information content (AvgIpc) is 3.45. The van der Waals surface area contributed by atoms with E-state index in [4.69, 9.17) is 37.9 Å². The van der Waals surface area contributed by atoms with Gasteiger partial charge in [0, 0.05) is 10.8 Å². The standard InChI is InChI=1S/C53H86O24/c1-48(2)16-22-21-8-9-27-50(4)12-11-28(73-47-40(34(63)33(62)39(75-47)43(68)69)76-46-36(65)32(61)30(59)25(18-55)72-46)51(5,20-56)26(50)10-13-53(27,7)52(21,6)15-14-49(22,3)42(41(48)67)77-44-37(66)38(23(57)19-70-44)74-45-35(64)31(60)29(58)24(17-54)71-45/h8,22-42,44-47,54-67H,9-20H2,1-7H3,(H,68,69)/t22-,23+,24+,25-,26+,27+,28+,29+,30+,31+,32+,33+,34-,35-,36+,37+,38-,39-,40+,41-,42+,44-,45+,46+,47-,49-,50-,51-,52-,53+/m0/s1. The summed E-state index contributed by atoms with van der Waals surface area (Å²) < 4.78 is 48.0. The van der Waals surface area contributed by atoms with Crippen LogP contribution < -0.4 is 0 Å². The Balaban J connectivity index is 0.955. The molecular weight excluding hydrogens is 1020 g/mol. The van der Waals surface area contributed by atoms with E-state index in [0.29, 0.717) is 44.9 Å². The van der Waals surface area contributed by atoms with Crippen LogP contribution in [0.15, 0.2) is 11.6 Å². The first-order valence-corrected chi connectivity index (χ1v) is 27.4. The van der Waals surface area contributed by atoms with Crippen molar-refractivity contribution in [3.8, 4) is 0 Å². The molecule has 30 atom stereocenters. The highest BCUT2D eigenvalue weighted by Crippen LogP contribution is 2.76. The second-order valence-electron chi connectivity index (χ2n) is 26.0. The number of fused-ring (bicyclic) bond motifs is 7. The van der Waals surface area contributed by atoms with Gasteiger partial charge in [-0.25, -0.2) is 4.79 Å². The molecule has 0 unspecified atom stereocenters. The van der Waals surface area contributed by atoms with Crippen LogP contribution in [-0.4, -0.2) is 244 Å². The number of carboxylic acids is 1. The van der Waals surface area contributed by atoms with E-state index >= 15 is 0 Å². The predicted molar refractivity (Wildman–Crippen MR) is 260 cm³/mol. The number of hydrogen-bond acceptors (Lipinski definition) is 23. The number of carbonyl (C=O) groups is 1. The third-order valence-electron chi connectivity index (χ3n) is 21.5. The van der Waals surface area contributed by atoms with Gasteiger partial charge < -0.3 is 114 Å². The first-order chi connectivity index (χ1) is 36.0. The van der Waals surface area contributed by atoms with Crippen LogP contribution in [0.25, 0.3) is 0 Å². The Morgan fingerprint density at radius 1 is 0.597 bits per heavy atom.